The van der Waals surface area contributed by atoms with E-state index < -0.39 is 17.7 Å². The van der Waals surface area contributed by atoms with E-state index in [1.165, 1.54) is 0 Å². The summed E-state index contributed by atoms with van der Waals surface area (Å²) in [7, 11) is 0. The Labute approximate surface area is 122 Å². The molecule has 116 valence electrons. The van der Waals surface area contributed by atoms with E-state index in [0.717, 1.165) is 25.0 Å². The number of hydrogen-bond acceptors (Lipinski definition) is 3. The second-order valence-corrected chi connectivity index (χ2v) is 5.33. The zero-order valence-electron chi connectivity index (χ0n) is 11.9. The summed E-state index contributed by atoms with van der Waals surface area (Å²) >= 11 is 0. The van der Waals surface area contributed by atoms with Crippen LogP contribution in [0.25, 0.3) is 0 Å². The van der Waals surface area contributed by atoms with Gasteiger partial charge in [0.15, 0.2) is 18.2 Å². The molecule has 1 aromatic carbocycles. The van der Waals surface area contributed by atoms with Crippen LogP contribution in [0.3, 0.4) is 0 Å². The summed E-state index contributed by atoms with van der Waals surface area (Å²) in [6.45, 7) is 2.01. The molecule has 21 heavy (non-hydrogen) atoms. The minimum atomic E-state index is -0.829. The van der Waals surface area contributed by atoms with Gasteiger partial charge in [-0.2, -0.15) is 0 Å². The van der Waals surface area contributed by atoms with Crippen molar-refractivity contribution in [1.29, 1.82) is 0 Å². The third-order valence-electron chi connectivity index (χ3n) is 3.56. The molecule has 1 fully saturated rings. The van der Waals surface area contributed by atoms with Crippen molar-refractivity contribution in [3.05, 3.63) is 29.8 Å². The highest BCUT2D eigenvalue weighted by atomic mass is 19.1. The minimum Gasteiger partial charge on any atom is -0.481 e. The zero-order chi connectivity index (χ0) is 15.4. The van der Waals surface area contributed by atoms with Gasteiger partial charge >= 0.3 is 0 Å². The predicted molar refractivity (Wildman–Crippen MR) is 72.9 cm³/mol. The van der Waals surface area contributed by atoms with Crippen molar-refractivity contribution < 1.29 is 23.4 Å². The average Bonchev–Trinajstić information content (AvgIpc) is 2.84. The Kier molecular flexibility index (Phi) is 5.12. The molecule has 1 N–H and O–H groups in total. The number of aliphatic hydroxyl groups excluding tert-OH is 1. The summed E-state index contributed by atoms with van der Waals surface area (Å²) < 4.78 is 31.3. The van der Waals surface area contributed by atoms with E-state index in [1.54, 1.807) is 11.8 Å². The van der Waals surface area contributed by atoms with Crippen LogP contribution in [0.4, 0.5) is 8.78 Å². The Morgan fingerprint density at radius 1 is 1.52 bits per heavy atom. The van der Waals surface area contributed by atoms with E-state index in [2.05, 4.69) is 0 Å². The van der Waals surface area contributed by atoms with Crippen LogP contribution >= 0.6 is 0 Å². The van der Waals surface area contributed by atoms with Crippen molar-refractivity contribution in [2.75, 3.05) is 13.2 Å². The third-order valence-corrected chi connectivity index (χ3v) is 3.56. The van der Waals surface area contributed by atoms with Gasteiger partial charge in [-0.1, -0.05) is 0 Å². The fourth-order valence-corrected chi connectivity index (χ4v) is 2.62. The van der Waals surface area contributed by atoms with Gasteiger partial charge in [0.2, 0.25) is 0 Å². The fourth-order valence-electron chi connectivity index (χ4n) is 2.62. The molecule has 6 heteroatoms. The van der Waals surface area contributed by atoms with Crippen molar-refractivity contribution in [3.63, 3.8) is 0 Å². The zero-order valence-corrected chi connectivity index (χ0v) is 11.9. The molecule has 0 aliphatic carbocycles. The number of amides is 1. The number of carbonyl (C=O) groups excluding carboxylic acids is 1. The van der Waals surface area contributed by atoms with Crippen LogP contribution in [0.1, 0.15) is 26.2 Å². The highest BCUT2D eigenvalue weighted by molar-refractivity contribution is 5.78. The number of ether oxygens (including phenoxy) is 1. The van der Waals surface area contributed by atoms with Gasteiger partial charge < -0.3 is 14.7 Å². The minimum absolute atomic E-state index is 0.000773. The molecule has 1 amide bonds. The van der Waals surface area contributed by atoms with Gasteiger partial charge in [0, 0.05) is 18.7 Å². The molecule has 0 bridgehead atoms. The molecule has 1 saturated heterocycles. The van der Waals surface area contributed by atoms with Gasteiger partial charge in [0.25, 0.3) is 5.91 Å². The maximum absolute atomic E-state index is 13.4. The molecule has 0 saturated carbocycles. The standard InChI is InChI=1S/C15H19F2NO3/c1-10(19)7-12-3-2-6-18(12)15(20)9-21-14-5-4-11(16)8-13(14)17/h4-5,8,10,12,19H,2-3,6-7,9H2,1H3. The lowest BCUT2D eigenvalue weighted by molar-refractivity contribution is -0.134. The van der Waals surface area contributed by atoms with Crippen LogP contribution in [0, 0.1) is 11.6 Å². The second kappa shape index (κ2) is 6.85. The van der Waals surface area contributed by atoms with Gasteiger partial charge in [0.05, 0.1) is 6.10 Å². The van der Waals surface area contributed by atoms with E-state index in [4.69, 9.17) is 4.74 Å². The predicted octanol–water partition coefficient (Wildman–Crippen LogP) is 2.11. The van der Waals surface area contributed by atoms with Gasteiger partial charge in [0.1, 0.15) is 5.82 Å². The second-order valence-electron chi connectivity index (χ2n) is 5.33. The Hall–Kier alpha value is -1.69. The first kappa shape index (κ1) is 15.7. The molecule has 1 heterocycles. The summed E-state index contributed by atoms with van der Waals surface area (Å²) in [6, 6.07) is 2.95. The van der Waals surface area contributed by atoms with Crippen LogP contribution in [-0.4, -0.2) is 41.2 Å². The number of aliphatic hydroxyl groups is 1. The molecule has 0 aromatic heterocycles. The van der Waals surface area contributed by atoms with E-state index in [-0.39, 0.29) is 24.3 Å². The maximum Gasteiger partial charge on any atom is 0.260 e. The lowest BCUT2D eigenvalue weighted by Gasteiger charge is -2.25. The summed E-state index contributed by atoms with van der Waals surface area (Å²) in [4.78, 5) is 13.8. The summed E-state index contributed by atoms with van der Waals surface area (Å²) in [5.74, 6) is -1.91. The van der Waals surface area contributed by atoms with E-state index >= 15 is 0 Å². The van der Waals surface area contributed by atoms with Crippen LogP contribution in [0.2, 0.25) is 0 Å². The first-order valence-electron chi connectivity index (χ1n) is 7.02. The number of likely N-dealkylation sites (tertiary alicyclic amines) is 1. The van der Waals surface area contributed by atoms with E-state index in [0.29, 0.717) is 19.0 Å². The smallest absolute Gasteiger partial charge is 0.260 e. The quantitative estimate of drug-likeness (QED) is 0.906. The Morgan fingerprint density at radius 3 is 2.95 bits per heavy atom. The molecule has 0 radical (unpaired) electrons. The molecule has 2 rings (SSSR count). The Bertz CT molecular complexity index is 508. The first-order chi connectivity index (χ1) is 9.97. The van der Waals surface area contributed by atoms with Crippen molar-refractivity contribution in [3.8, 4) is 5.75 Å². The van der Waals surface area contributed by atoms with Crippen molar-refractivity contribution in [2.24, 2.45) is 0 Å². The summed E-state index contributed by atoms with van der Waals surface area (Å²) in [5.41, 5.74) is 0. The molecule has 2 atom stereocenters. The van der Waals surface area contributed by atoms with Gasteiger partial charge in [-0.15, -0.1) is 0 Å². The monoisotopic (exact) mass is 299 g/mol. The maximum atomic E-state index is 13.4. The topological polar surface area (TPSA) is 49.8 Å². The SMILES string of the molecule is CC(O)CC1CCCN1C(=O)COc1ccc(F)cc1F. The number of carbonyl (C=O) groups is 1. The molecule has 2 unspecified atom stereocenters. The van der Waals surface area contributed by atoms with Gasteiger partial charge in [-0.05, 0) is 38.3 Å². The van der Waals surface area contributed by atoms with Crippen molar-refractivity contribution in [1.82, 2.24) is 4.90 Å². The van der Waals surface area contributed by atoms with E-state index in [9.17, 15) is 18.7 Å². The summed E-state index contributed by atoms with van der Waals surface area (Å²) in [5, 5.41) is 9.43. The van der Waals surface area contributed by atoms with Crippen LogP contribution in [0.5, 0.6) is 5.75 Å². The lowest BCUT2D eigenvalue weighted by atomic mass is 10.1. The average molecular weight is 299 g/mol. The summed E-state index contributed by atoms with van der Waals surface area (Å²) in [6.07, 6.45) is 1.78. The molecule has 4 nitrogen and oxygen atoms in total. The highest BCUT2D eigenvalue weighted by Crippen LogP contribution is 2.22. The molecule has 0 spiro atoms. The first-order valence-corrected chi connectivity index (χ1v) is 7.02. The van der Waals surface area contributed by atoms with Crippen molar-refractivity contribution >= 4 is 5.91 Å². The van der Waals surface area contributed by atoms with Crippen LogP contribution in [0.15, 0.2) is 18.2 Å². The number of rotatable bonds is 5. The highest BCUT2D eigenvalue weighted by Gasteiger charge is 2.29. The number of nitrogens with zero attached hydrogens (tertiary/aromatic N) is 1. The third kappa shape index (κ3) is 4.14. The van der Waals surface area contributed by atoms with Crippen LogP contribution < -0.4 is 4.74 Å². The van der Waals surface area contributed by atoms with Crippen LogP contribution in [-0.2, 0) is 4.79 Å². The lowest BCUT2D eigenvalue weighted by Crippen LogP contribution is -2.40. The molecule has 1 aliphatic rings. The number of halogens is 2. The molecular weight excluding hydrogens is 280 g/mol. The number of benzene rings is 1. The Morgan fingerprint density at radius 2 is 2.29 bits per heavy atom. The number of hydrogen-bond donors (Lipinski definition) is 1. The van der Waals surface area contributed by atoms with Crippen molar-refractivity contribution in [2.45, 2.75) is 38.3 Å². The van der Waals surface area contributed by atoms with Gasteiger partial charge in [-0.3, -0.25) is 4.79 Å². The molecule has 1 aliphatic heterocycles. The van der Waals surface area contributed by atoms with E-state index in [1.807, 2.05) is 0 Å². The normalized spacial score (nSPS) is 19.6. The molecular formula is C15H19F2NO3. The van der Waals surface area contributed by atoms with Gasteiger partial charge in [-0.25, -0.2) is 8.78 Å². The molecule has 1 aromatic rings. The Balaban J connectivity index is 1.92. The fraction of sp³-hybridized carbons (Fsp3) is 0.533. The largest absolute Gasteiger partial charge is 0.481 e.